The molecule has 1 heterocycles. The van der Waals surface area contributed by atoms with Crippen molar-refractivity contribution < 1.29 is 0 Å². The quantitative estimate of drug-likeness (QED) is 0.383. The highest BCUT2D eigenvalue weighted by molar-refractivity contribution is 5.54. The lowest BCUT2D eigenvalue weighted by molar-refractivity contribution is 0.198. The maximum atomic E-state index is 4.03. The summed E-state index contributed by atoms with van der Waals surface area (Å²) in [5, 5.41) is 0. The standard InChI is InChI=1S/C11H21N3/c1-4-11(2)9-13-5-7-14(8-6-13)10-12-3/h4,10H,5-9H2,1-3H3/b11-4+,12-10?. The summed E-state index contributed by atoms with van der Waals surface area (Å²) in [6, 6.07) is 0. The Hall–Kier alpha value is -0.830. The summed E-state index contributed by atoms with van der Waals surface area (Å²) in [5.41, 5.74) is 1.46. The van der Waals surface area contributed by atoms with Gasteiger partial charge in [0.15, 0.2) is 0 Å². The molecule has 1 rings (SSSR count). The smallest absolute Gasteiger partial charge is 0.0847 e. The van der Waals surface area contributed by atoms with Crippen molar-refractivity contribution in [1.82, 2.24) is 9.80 Å². The van der Waals surface area contributed by atoms with Crippen LogP contribution >= 0.6 is 0 Å². The van der Waals surface area contributed by atoms with Crippen molar-refractivity contribution in [2.45, 2.75) is 13.8 Å². The Morgan fingerprint density at radius 3 is 2.43 bits per heavy atom. The van der Waals surface area contributed by atoms with E-state index in [1.165, 1.54) is 5.57 Å². The molecule has 80 valence electrons. The van der Waals surface area contributed by atoms with Gasteiger partial charge in [-0.2, -0.15) is 0 Å². The minimum Gasteiger partial charge on any atom is -0.360 e. The third-order valence-corrected chi connectivity index (χ3v) is 2.65. The van der Waals surface area contributed by atoms with Gasteiger partial charge in [-0.15, -0.1) is 0 Å². The number of nitrogens with zero attached hydrogens (tertiary/aromatic N) is 3. The Labute approximate surface area is 87.1 Å². The number of hydrogen-bond acceptors (Lipinski definition) is 2. The normalized spacial score (nSPS) is 20.8. The molecule has 1 aliphatic heterocycles. The SMILES string of the molecule is C/C=C(\C)CN1CCN(C=NC)CC1. The van der Waals surface area contributed by atoms with Gasteiger partial charge in [-0.1, -0.05) is 11.6 Å². The van der Waals surface area contributed by atoms with Crippen molar-refractivity contribution in [1.29, 1.82) is 0 Å². The molecule has 1 fully saturated rings. The molecule has 0 saturated carbocycles. The van der Waals surface area contributed by atoms with Gasteiger partial charge < -0.3 is 4.90 Å². The third kappa shape index (κ3) is 3.50. The van der Waals surface area contributed by atoms with Crippen LogP contribution in [0.2, 0.25) is 0 Å². The highest BCUT2D eigenvalue weighted by Crippen LogP contribution is 2.03. The van der Waals surface area contributed by atoms with Crippen LogP contribution in [0.1, 0.15) is 13.8 Å². The molecule has 0 unspecified atom stereocenters. The van der Waals surface area contributed by atoms with Gasteiger partial charge in [0.05, 0.1) is 6.34 Å². The fourth-order valence-corrected chi connectivity index (χ4v) is 1.64. The highest BCUT2D eigenvalue weighted by Gasteiger charge is 2.13. The van der Waals surface area contributed by atoms with E-state index in [4.69, 9.17) is 0 Å². The molecule has 0 bridgehead atoms. The fraction of sp³-hybridized carbons (Fsp3) is 0.727. The average Bonchev–Trinajstić information content (AvgIpc) is 2.21. The Bertz CT molecular complexity index is 213. The maximum Gasteiger partial charge on any atom is 0.0847 e. The van der Waals surface area contributed by atoms with Gasteiger partial charge >= 0.3 is 0 Å². The van der Waals surface area contributed by atoms with Crippen molar-refractivity contribution >= 4 is 6.34 Å². The van der Waals surface area contributed by atoms with Gasteiger partial charge in [-0.25, -0.2) is 0 Å². The van der Waals surface area contributed by atoms with E-state index >= 15 is 0 Å². The van der Waals surface area contributed by atoms with Crippen LogP contribution in [0.3, 0.4) is 0 Å². The second-order valence-electron chi connectivity index (χ2n) is 3.82. The molecular weight excluding hydrogens is 174 g/mol. The van der Waals surface area contributed by atoms with Gasteiger partial charge in [0.2, 0.25) is 0 Å². The van der Waals surface area contributed by atoms with Crippen LogP contribution in [0.5, 0.6) is 0 Å². The van der Waals surface area contributed by atoms with E-state index in [9.17, 15) is 0 Å². The number of allylic oxidation sites excluding steroid dienone is 1. The Morgan fingerprint density at radius 1 is 1.29 bits per heavy atom. The highest BCUT2D eigenvalue weighted by atomic mass is 15.3. The summed E-state index contributed by atoms with van der Waals surface area (Å²) < 4.78 is 0. The van der Waals surface area contributed by atoms with E-state index < -0.39 is 0 Å². The van der Waals surface area contributed by atoms with E-state index in [1.54, 1.807) is 0 Å². The monoisotopic (exact) mass is 195 g/mol. The van der Waals surface area contributed by atoms with Gasteiger partial charge in [-0.3, -0.25) is 9.89 Å². The molecule has 0 atom stereocenters. The van der Waals surface area contributed by atoms with Gasteiger partial charge in [-0.05, 0) is 13.8 Å². The second kappa shape index (κ2) is 5.81. The lowest BCUT2D eigenvalue weighted by Gasteiger charge is -2.33. The summed E-state index contributed by atoms with van der Waals surface area (Å²) >= 11 is 0. The van der Waals surface area contributed by atoms with E-state index in [0.717, 1.165) is 32.7 Å². The van der Waals surface area contributed by atoms with Gasteiger partial charge in [0.25, 0.3) is 0 Å². The molecule has 0 aromatic heterocycles. The Balaban J connectivity index is 2.29. The van der Waals surface area contributed by atoms with Crippen LogP contribution in [-0.2, 0) is 0 Å². The summed E-state index contributed by atoms with van der Waals surface area (Å²) in [4.78, 5) is 8.81. The first-order valence-electron chi connectivity index (χ1n) is 5.26. The molecule has 1 aliphatic rings. The van der Waals surface area contributed by atoms with Crippen molar-refractivity contribution in [3.05, 3.63) is 11.6 Å². The maximum absolute atomic E-state index is 4.03. The number of hydrogen-bond donors (Lipinski definition) is 0. The largest absolute Gasteiger partial charge is 0.360 e. The molecule has 0 radical (unpaired) electrons. The molecule has 0 amide bonds. The molecule has 0 aromatic rings. The zero-order valence-corrected chi connectivity index (χ0v) is 9.53. The minimum absolute atomic E-state index is 1.11. The number of aliphatic imine (C=N–C) groups is 1. The predicted molar refractivity (Wildman–Crippen MR) is 61.9 cm³/mol. The Morgan fingerprint density at radius 2 is 1.93 bits per heavy atom. The van der Waals surface area contributed by atoms with Crippen molar-refractivity contribution in [3.63, 3.8) is 0 Å². The van der Waals surface area contributed by atoms with Crippen LogP contribution in [0, 0.1) is 0 Å². The topological polar surface area (TPSA) is 18.8 Å². The molecule has 3 heteroatoms. The lowest BCUT2D eigenvalue weighted by Crippen LogP contribution is -2.46. The first-order chi connectivity index (χ1) is 6.76. The molecule has 14 heavy (non-hydrogen) atoms. The zero-order valence-electron chi connectivity index (χ0n) is 9.53. The molecule has 0 aliphatic carbocycles. The van der Waals surface area contributed by atoms with Crippen molar-refractivity contribution in [3.8, 4) is 0 Å². The first-order valence-corrected chi connectivity index (χ1v) is 5.26. The van der Waals surface area contributed by atoms with Gasteiger partial charge in [0, 0.05) is 39.8 Å². The average molecular weight is 195 g/mol. The Kier molecular flexibility index (Phi) is 4.66. The molecule has 3 nitrogen and oxygen atoms in total. The second-order valence-corrected chi connectivity index (χ2v) is 3.82. The third-order valence-electron chi connectivity index (χ3n) is 2.65. The summed E-state index contributed by atoms with van der Waals surface area (Å²) in [6.45, 7) is 9.93. The van der Waals surface area contributed by atoms with Crippen LogP contribution in [-0.4, -0.2) is 55.9 Å². The van der Waals surface area contributed by atoms with Crippen LogP contribution < -0.4 is 0 Å². The van der Waals surface area contributed by atoms with Crippen molar-refractivity contribution in [2.24, 2.45) is 4.99 Å². The predicted octanol–water partition coefficient (Wildman–Crippen LogP) is 1.23. The summed E-state index contributed by atoms with van der Waals surface area (Å²) in [6.07, 6.45) is 4.14. The number of piperazine rings is 1. The van der Waals surface area contributed by atoms with Gasteiger partial charge in [0.1, 0.15) is 0 Å². The van der Waals surface area contributed by atoms with E-state index in [0.29, 0.717) is 0 Å². The molecular formula is C11H21N3. The van der Waals surface area contributed by atoms with E-state index in [-0.39, 0.29) is 0 Å². The zero-order chi connectivity index (χ0) is 10.4. The summed E-state index contributed by atoms with van der Waals surface area (Å²) in [7, 11) is 1.83. The van der Waals surface area contributed by atoms with E-state index in [2.05, 4.69) is 34.7 Å². The van der Waals surface area contributed by atoms with Crippen LogP contribution in [0.4, 0.5) is 0 Å². The van der Waals surface area contributed by atoms with Crippen LogP contribution in [0.25, 0.3) is 0 Å². The van der Waals surface area contributed by atoms with Crippen molar-refractivity contribution in [2.75, 3.05) is 39.8 Å². The lowest BCUT2D eigenvalue weighted by atomic mass is 10.2. The molecule has 0 spiro atoms. The molecule has 1 saturated heterocycles. The molecule has 0 aromatic carbocycles. The van der Waals surface area contributed by atoms with E-state index in [1.807, 2.05) is 13.4 Å². The summed E-state index contributed by atoms with van der Waals surface area (Å²) in [5.74, 6) is 0. The fourth-order valence-electron chi connectivity index (χ4n) is 1.64. The van der Waals surface area contributed by atoms with Crippen LogP contribution in [0.15, 0.2) is 16.6 Å². The number of rotatable bonds is 3. The first kappa shape index (κ1) is 11.2. The minimum atomic E-state index is 1.11. The molecule has 0 N–H and O–H groups in total.